The zero-order chi connectivity index (χ0) is 11.4. The lowest BCUT2D eigenvalue weighted by atomic mass is 10.3. The molecule has 4 nitrogen and oxygen atoms in total. The van der Waals surface area contributed by atoms with E-state index in [0.717, 1.165) is 3.57 Å². The normalized spacial score (nSPS) is 10.2. The molecule has 0 aromatic carbocycles. The summed E-state index contributed by atoms with van der Waals surface area (Å²) < 4.78 is 10.8. The molecule has 0 amide bonds. The highest BCUT2D eigenvalue weighted by molar-refractivity contribution is 14.1. The van der Waals surface area contributed by atoms with Gasteiger partial charge in [-0.3, -0.25) is 0 Å². The smallest absolute Gasteiger partial charge is 0.339 e. The van der Waals surface area contributed by atoms with Gasteiger partial charge in [-0.25, -0.2) is 9.78 Å². The quantitative estimate of drug-likeness (QED) is 0.633. The number of ether oxygens (including phenoxy) is 2. The van der Waals surface area contributed by atoms with Crippen LogP contribution in [-0.4, -0.2) is 24.2 Å². The number of hydrogen-bond acceptors (Lipinski definition) is 4. The van der Waals surface area contributed by atoms with Crippen molar-refractivity contribution in [3.8, 4) is 5.88 Å². The van der Waals surface area contributed by atoms with E-state index in [1.54, 1.807) is 19.9 Å². The largest absolute Gasteiger partial charge is 0.480 e. The van der Waals surface area contributed by atoms with Crippen LogP contribution in [-0.2, 0) is 4.74 Å². The summed E-state index contributed by atoms with van der Waals surface area (Å²) in [7, 11) is 1.54. The standard InChI is InChI=1S/C10H12INO3/c1-6(2)15-10(13)7-4-8(11)9(14-3)12-5-7/h4-6H,1-3H3. The molecule has 0 aliphatic carbocycles. The second kappa shape index (κ2) is 5.29. The molecule has 0 fully saturated rings. The lowest BCUT2D eigenvalue weighted by molar-refractivity contribution is 0.0377. The van der Waals surface area contributed by atoms with Gasteiger partial charge in [0.1, 0.15) is 0 Å². The van der Waals surface area contributed by atoms with Crippen molar-refractivity contribution in [2.45, 2.75) is 20.0 Å². The molecule has 0 spiro atoms. The van der Waals surface area contributed by atoms with E-state index in [0.29, 0.717) is 11.4 Å². The molecule has 0 radical (unpaired) electrons. The van der Waals surface area contributed by atoms with Gasteiger partial charge < -0.3 is 9.47 Å². The molecule has 0 bridgehead atoms. The molecule has 1 aromatic rings. The van der Waals surface area contributed by atoms with Crippen LogP contribution >= 0.6 is 22.6 Å². The number of carbonyl (C=O) groups is 1. The molecule has 0 unspecified atom stereocenters. The maximum Gasteiger partial charge on any atom is 0.339 e. The van der Waals surface area contributed by atoms with Crippen LogP contribution < -0.4 is 4.74 Å². The number of pyridine rings is 1. The highest BCUT2D eigenvalue weighted by atomic mass is 127. The fourth-order valence-corrected chi connectivity index (χ4v) is 1.66. The number of aromatic nitrogens is 1. The Morgan fingerprint density at radius 1 is 1.53 bits per heavy atom. The SMILES string of the molecule is COc1ncc(C(=O)OC(C)C)cc1I. The van der Waals surface area contributed by atoms with Crippen LogP contribution in [0, 0.1) is 3.57 Å². The van der Waals surface area contributed by atoms with Crippen LogP contribution in [0.2, 0.25) is 0 Å². The Hall–Kier alpha value is -0.850. The molecule has 1 aromatic heterocycles. The Morgan fingerprint density at radius 3 is 2.67 bits per heavy atom. The van der Waals surface area contributed by atoms with Crippen molar-refractivity contribution >= 4 is 28.6 Å². The first kappa shape index (κ1) is 12.2. The van der Waals surface area contributed by atoms with Crippen LogP contribution in [0.15, 0.2) is 12.3 Å². The van der Waals surface area contributed by atoms with Gasteiger partial charge in [-0.1, -0.05) is 0 Å². The molecule has 1 rings (SSSR count). The topological polar surface area (TPSA) is 48.4 Å². The number of nitrogens with zero attached hydrogens (tertiary/aromatic N) is 1. The maximum absolute atomic E-state index is 11.5. The molecule has 0 atom stereocenters. The van der Waals surface area contributed by atoms with Gasteiger partial charge in [0.15, 0.2) is 0 Å². The Kier molecular flexibility index (Phi) is 4.31. The van der Waals surface area contributed by atoms with Gasteiger partial charge in [-0.2, -0.15) is 0 Å². The average molecular weight is 321 g/mol. The monoisotopic (exact) mass is 321 g/mol. The summed E-state index contributed by atoms with van der Waals surface area (Å²) in [5.74, 6) is 0.148. The third-order valence-corrected chi connectivity index (χ3v) is 2.35. The lowest BCUT2D eigenvalue weighted by Crippen LogP contribution is -2.12. The van der Waals surface area contributed by atoms with Crippen LogP contribution in [0.1, 0.15) is 24.2 Å². The Bertz CT molecular complexity index is 366. The third kappa shape index (κ3) is 3.33. The van der Waals surface area contributed by atoms with Gasteiger partial charge >= 0.3 is 5.97 Å². The number of esters is 1. The van der Waals surface area contributed by atoms with Crippen molar-refractivity contribution in [1.29, 1.82) is 0 Å². The average Bonchev–Trinajstić information content (AvgIpc) is 2.16. The fourth-order valence-electron chi connectivity index (χ4n) is 0.969. The second-order valence-electron chi connectivity index (χ2n) is 3.17. The van der Waals surface area contributed by atoms with Crippen molar-refractivity contribution in [2.75, 3.05) is 7.11 Å². The summed E-state index contributed by atoms with van der Waals surface area (Å²) in [5.41, 5.74) is 0.439. The van der Waals surface area contributed by atoms with Crippen LogP contribution in [0.3, 0.4) is 0 Å². The van der Waals surface area contributed by atoms with Gasteiger partial charge in [0.05, 0.1) is 22.3 Å². The third-order valence-electron chi connectivity index (χ3n) is 1.58. The Balaban J connectivity index is 2.87. The van der Waals surface area contributed by atoms with E-state index < -0.39 is 0 Å². The lowest BCUT2D eigenvalue weighted by Gasteiger charge is -2.08. The predicted molar refractivity (Wildman–Crippen MR) is 64.1 cm³/mol. The van der Waals surface area contributed by atoms with Crippen LogP contribution in [0.5, 0.6) is 5.88 Å². The van der Waals surface area contributed by atoms with Gasteiger partial charge in [-0.15, -0.1) is 0 Å². The van der Waals surface area contributed by atoms with E-state index in [4.69, 9.17) is 9.47 Å². The number of hydrogen-bond donors (Lipinski definition) is 0. The van der Waals surface area contributed by atoms with Gasteiger partial charge in [-0.05, 0) is 42.5 Å². The predicted octanol–water partition coefficient (Wildman–Crippen LogP) is 2.26. The van der Waals surface area contributed by atoms with E-state index in [1.807, 2.05) is 0 Å². The summed E-state index contributed by atoms with van der Waals surface area (Å²) in [6.07, 6.45) is 1.32. The van der Waals surface area contributed by atoms with E-state index >= 15 is 0 Å². The highest BCUT2D eigenvalue weighted by Crippen LogP contribution is 2.18. The van der Waals surface area contributed by atoms with Gasteiger partial charge in [0, 0.05) is 6.20 Å². The van der Waals surface area contributed by atoms with Crippen molar-refractivity contribution in [3.63, 3.8) is 0 Å². The number of rotatable bonds is 3. The van der Waals surface area contributed by atoms with Crippen LogP contribution in [0.25, 0.3) is 0 Å². The molecule has 1 heterocycles. The highest BCUT2D eigenvalue weighted by Gasteiger charge is 2.12. The van der Waals surface area contributed by atoms with E-state index in [2.05, 4.69) is 27.6 Å². The van der Waals surface area contributed by atoms with Gasteiger partial charge in [0.25, 0.3) is 0 Å². The molecular weight excluding hydrogens is 309 g/mol. The van der Waals surface area contributed by atoms with Crippen molar-refractivity contribution < 1.29 is 14.3 Å². The molecule has 0 aliphatic heterocycles. The van der Waals surface area contributed by atoms with E-state index in [9.17, 15) is 4.79 Å². The Labute approximate surface area is 102 Å². The van der Waals surface area contributed by atoms with E-state index in [1.165, 1.54) is 13.3 Å². The summed E-state index contributed by atoms with van der Waals surface area (Å²) in [6, 6.07) is 1.69. The summed E-state index contributed by atoms with van der Waals surface area (Å²) in [4.78, 5) is 15.5. The molecule has 0 aliphatic rings. The van der Waals surface area contributed by atoms with Crippen molar-refractivity contribution in [1.82, 2.24) is 4.98 Å². The maximum atomic E-state index is 11.5. The Morgan fingerprint density at radius 2 is 2.20 bits per heavy atom. The molecule has 0 saturated carbocycles. The summed E-state index contributed by atoms with van der Waals surface area (Å²) in [5, 5.41) is 0. The zero-order valence-electron chi connectivity index (χ0n) is 8.78. The minimum Gasteiger partial charge on any atom is -0.480 e. The molecule has 0 saturated heterocycles. The minimum atomic E-state index is -0.363. The second-order valence-corrected chi connectivity index (χ2v) is 4.33. The number of halogens is 1. The first-order valence-electron chi connectivity index (χ1n) is 4.45. The van der Waals surface area contributed by atoms with E-state index in [-0.39, 0.29) is 12.1 Å². The van der Waals surface area contributed by atoms with Crippen molar-refractivity contribution in [2.24, 2.45) is 0 Å². The molecule has 82 valence electrons. The van der Waals surface area contributed by atoms with Crippen LogP contribution in [0.4, 0.5) is 0 Å². The zero-order valence-corrected chi connectivity index (χ0v) is 10.9. The molecule has 15 heavy (non-hydrogen) atoms. The fraction of sp³-hybridized carbons (Fsp3) is 0.400. The number of carbonyl (C=O) groups excluding carboxylic acids is 1. The van der Waals surface area contributed by atoms with Gasteiger partial charge in [0.2, 0.25) is 5.88 Å². The first-order valence-corrected chi connectivity index (χ1v) is 5.53. The first-order chi connectivity index (χ1) is 7.04. The summed E-state index contributed by atoms with van der Waals surface area (Å²) >= 11 is 2.06. The number of methoxy groups -OCH3 is 1. The summed E-state index contributed by atoms with van der Waals surface area (Å²) in [6.45, 7) is 3.61. The molecule has 5 heteroatoms. The van der Waals surface area contributed by atoms with Crippen molar-refractivity contribution in [3.05, 3.63) is 21.4 Å². The molecular formula is C10H12INO3. The minimum absolute atomic E-state index is 0.128. The molecule has 0 N–H and O–H groups in total.